The zero-order valence-corrected chi connectivity index (χ0v) is 16.4. The van der Waals surface area contributed by atoms with Gasteiger partial charge in [0.2, 0.25) is 0 Å². The summed E-state index contributed by atoms with van der Waals surface area (Å²) in [6, 6.07) is 15.9. The van der Waals surface area contributed by atoms with E-state index >= 15 is 0 Å². The zero-order chi connectivity index (χ0) is 20.2. The Morgan fingerprint density at radius 2 is 1.86 bits per heavy atom. The van der Waals surface area contributed by atoms with Gasteiger partial charge in [0.25, 0.3) is 5.91 Å². The highest BCUT2D eigenvalue weighted by Crippen LogP contribution is 2.10. The summed E-state index contributed by atoms with van der Waals surface area (Å²) in [7, 11) is 0. The number of carbonyl (C=O) groups excluding carboxylic acids is 1. The van der Waals surface area contributed by atoms with E-state index in [9.17, 15) is 4.79 Å². The molecule has 3 aromatic heterocycles. The van der Waals surface area contributed by atoms with E-state index < -0.39 is 0 Å². The average Bonchev–Trinajstić information content (AvgIpc) is 3.33. The molecule has 0 bridgehead atoms. The van der Waals surface area contributed by atoms with Crippen LogP contribution in [0.1, 0.15) is 32.9 Å². The molecule has 0 atom stereocenters. The molecule has 4 aromatic rings. The predicted octanol–water partition coefficient (Wildman–Crippen LogP) is 3.06. The number of hydrogen-bond acceptors (Lipinski definition) is 4. The molecule has 3 heterocycles. The number of amides is 1. The first-order chi connectivity index (χ1) is 14.1. The molecule has 146 valence electrons. The highest BCUT2D eigenvalue weighted by atomic mass is 16.1. The number of pyridine rings is 1. The molecule has 0 fully saturated rings. The van der Waals surface area contributed by atoms with Crippen molar-refractivity contribution >= 4 is 5.91 Å². The molecule has 1 amide bonds. The minimum Gasteiger partial charge on any atom is -0.348 e. The van der Waals surface area contributed by atoms with Gasteiger partial charge in [0.15, 0.2) is 5.82 Å². The van der Waals surface area contributed by atoms with Crippen molar-refractivity contribution in [2.45, 2.75) is 26.9 Å². The minimum absolute atomic E-state index is 0.160. The number of rotatable bonds is 6. The second kappa shape index (κ2) is 8.10. The average molecular weight is 386 g/mol. The monoisotopic (exact) mass is 386 g/mol. The smallest absolute Gasteiger partial charge is 0.254 e. The lowest BCUT2D eigenvalue weighted by Crippen LogP contribution is -2.22. The number of hydrogen-bond donors (Lipinski definition) is 1. The van der Waals surface area contributed by atoms with Gasteiger partial charge in [0, 0.05) is 24.6 Å². The molecule has 0 saturated carbocycles. The number of nitrogens with one attached hydrogen (secondary N) is 1. The quantitative estimate of drug-likeness (QED) is 0.552. The Bertz CT molecular complexity index is 1110. The Hall–Kier alpha value is -3.74. The van der Waals surface area contributed by atoms with Crippen LogP contribution in [0.5, 0.6) is 0 Å². The van der Waals surface area contributed by atoms with Crippen molar-refractivity contribution in [2.24, 2.45) is 0 Å². The Labute approximate surface area is 169 Å². The van der Waals surface area contributed by atoms with Gasteiger partial charge in [-0.2, -0.15) is 10.2 Å². The molecular weight excluding hydrogens is 364 g/mol. The van der Waals surface area contributed by atoms with Crippen molar-refractivity contribution in [1.29, 1.82) is 0 Å². The van der Waals surface area contributed by atoms with E-state index in [2.05, 4.69) is 20.5 Å². The van der Waals surface area contributed by atoms with Gasteiger partial charge in [-0.3, -0.25) is 9.48 Å². The van der Waals surface area contributed by atoms with Crippen molar-refractivity contribution in [3.8, 4) is 5.82 Å². The number of aromatic nitrogens is 5. The summed E-state index contributed by atoms with van der Waals surface area (Å²) in [5.41, 5.74) is 4.57. The number of aryl methyl sites for hydroxylation is 2. The van der Waals surface area contributed by atoms with E-state index in [1.54, 1.807) is 28.0 Å². The molecule has 1 N–H and O–H groups in total. The molecular formula is C22H22N6O. The molecule has 0 aliphatic carbocycles. The molecule has 1 aromatic carbocycles. The van der Waals surface area contributed by atoms with E-state index in [4.69, 9.17) is 0 Å². The van der Waals surface area contributed by atoms with Crippen molar-refractivity contribution in [2.75, 3.05) is 0 Å². The Morgan fingerprint density at radius 3 is 2.55 bits per heavy atom. The van der Waals surface area contributed by atoms with Gasteiger partial charge in [-0.1, -0.05) is 36.4 Å². The first-order valence-corrected chi connectivity index (χ1v) is 9.41. The fourth-order valence-electron chi connectivity index (χ4n) is 3.13. The third kappa shape index (κ3) is 4.40. The maximum Gasteiger partial charge on any atom is 0.254 e. The summed E-state index contributed by atoms with van der Waals surface area (Å²) < 4.78 is 3.56. The molecule has 0 aliphatic rings. The Kier molecular flexibility index (Phi) is 5.20. The summed E-state index contributed by atoms with van der Waals surface area (Å²) in [6.45, 7) is 4.97. The molecule has 0 radical (unpaired) electrons. The standard InChI is InChI=1S/C22H22N6O/c1-16-10-17(2)28(26-16)21-9-8-19(11-23-21)12-24-22(29)20-13-25-27(15-20)14-18-6-4-3-5-7-18/h3-11,13,15H,12,14H2,1-2H3,(H,24,29). The van der Waals surface area contributed by atoms with E-state index in [1.807, 2.05) is 62.4 Å². The van der Waals surface area contributed by atoms with E-state index in [0.29, 0.717) is 18.7 Å². The maximum absolute atomic E-state index is 12.4. The lowest BCUT2D eigenvalue weighted by molar-refractivity contribution is 0.0951. The Morgan fingerprint density at radius 1 is 1.03 bits per heavy atom. The summed E-state index contributed by atoms with van der Waals surface area (Å²) >= 11 is 0. The van der Waals surface area contributed by atoms with E-state index in [0.717, 1.165) is 28.3 Å². The predicted molar refractivity (Wildman–Crippen MR) is 110 cm³/mol. The second-order valence-electron chi connectivity index (χ2n) is 6.96. The van der Waals surface area contributed by atoms with Gasteiger partial charge in [-0.25, -0.2) is 9.67 Å². The molecule has 0 spiro atoms. The van der Waals surface area contributed by atoms with Gasteiger partial charge in [0.1, 0.15) is 0 Å². The van der Waals surface area contributed by atoms with Gasteiger partial charge in [-0.05, 0) is 37.1 Å². The first-order valence-electron chi connectivity index (χ1n) is 9.41. The van der Waals surface area contributed by atoms with Crippen LogP contribution in [0.3, 0.4) is 0 Å². The highest BCUT2D eigenvalue weighted by molar-refractivity contribution is 5.93. The topological polar surface area (TPSA) is 77.6 Å². The largest absolute Gasteiger partial charge is 0.348 e. The van der Waals surface area contributed by atoms with Crippen molar-refractivity contribution in [1.82, 2.24) is 29.9 Å². The maximum atomic E-state index is 12.4. The third-order valence-corrected chi connectivity index (χ3v) is 4.57. The SMILES string of the molecule is Cc1cc(C)n(-c2ccc(CNC(=O)c3cnn(Cc4ccccc4)c3)cn2)n1. The highest BCUT2D eigenvalue weighted by Gasteiger charge is 2.10. The van der Waals surface area contributed by atoms with Crippen LogP contribution in [0, 0.1) is 13.8 Å². The lowest BCUT2D eigenvalue weighted by Gasteiger charge is -2.06. The summed E-state index contributed by atoms with van der Waals surface area (Å²) in [6.07, 6.45) is 5.10. The van der Waals surface area contributed by atoms with Crippen LogP contribution in [0.2, 0.25) is 0 Å². The van der Waals surface area contributed by atoms with Gasteiger partial charge < -0.3 is 5.32 Å². The van der Waals surface area contributed by atoms with Crippen molar-refractivity contribution < 1.29 is 4.79 Å². The molecule has 7 nitrogen and oxygen atoms in total. The second-order valence-corrected chi connectivity index (χ2v) is 6.96. The lowest BCUT2D eigenvalue weighted by atomic mass is 10.2. The van der Waals surface area contributed by atoms with Crippen LogP contribution in [-0.4, -0.2) is 30.5 Å². The summed E-state index contributed by atoms with van der Waals surface area (Å²) in [5.74, 6) is 0.597. The van der Waals surface area contributed by atoms with Gasteiger partial charge in [-0.15, -0.1) is 0 Å². The van der Waals surface area contributed by atoms with Crippen LogP contribution < -0.4 is 5.32 Å². The van der Waals surface area contributed by atoms with Crippen LogP contribution in [0.15, 0.2) is 67.1 Å². The van der Waals surface area contributed by atoms with Crippen LogP contribution in [0.25, 0.3) is 5.82 Å². The molecule has 0 aliphatic heterocycles. The molecule has 4 rings (SSSR count). The number of carbonyl (C=O) groups is 1. The molecule has 0 unspecified atom stereocenters. The summed E-state index contributed by atoms with van der Waals surface area (Å²) in [4.78, 5) is 16.9. The minimum atomic E-state index is -0.160. The molecule has 7 heteroatoms. The molecule has 0 saturated heterocycles. The summed E-state index contributed by atoms with van der Waals surface area (Å²) in [5, 5.41) is 11.6. The Balaban J connectivity index is 1.35. The van der Waals surface area contributed by atoms with Crippen molar-refractivity contribution in [3.63, 3.8) is 0 Å². The van der Waals surface area contributed by atoms with Crippen LogP contribution in [-0.2, 0) is 13.1 Å². The number of benzene rings is 1. The normalized spacial score (nSPS) is 10.8. The first kappa shape index (κ1) is 18.6. The van der Waals surface area contributed by atoms with E-state index in [1.165, 1.54) is 0 Å². The number of nitrogens with zero attached hydrogens (tertiary/aromatic N) is 5. The fourth-order valence-corrected chi connectivity index (χ4v) is 3.13. The molecule has 29 heavy (non-hydrogen) atoms. The van der Waals surface area contributed by atoms with Gasteiger partial charge in [0.05, 0.1) is 24.0 Å². The van der Waals surface area contributed by atoms with Crippen molar-refractivity contribution in [3.05, 3.63) is 95.2 Å². The third-order valence-electron chi connectivity index (χ3n) is 4.57. The van der Waals surface area contributed by atoms with Crippen LogP contribution >= 0.6 is 0 Å². The van der Waals surface area contributed by atoms with E-state index in [-0.39, 0.29) is 5.91 Å². The fraction of sp³-hybridized carbons (Fsp3) is 0.182. The van der Waals surface area contributed by atoms with Crippen LogP contribution in [0.4, 0.5) is 0 Å². The van der Waals surface area contributed by atoms with Gasteiger partial charge >= 0.3 is 0 Å². The zero-order valence-electron chi connectivity index (χ0n) is 16.4.